The van der Waals surface area contributed by atoms with E-state index in [9.17, 15) is 98.9 Å². The van der Waals surface area contributed by atoms with E-state index in [-0.39, 0.29) is 101 Å². The fraction of sp³-hybridized carbons (Fsp3) is 0.809. The first-order valence-corrected chi connectivity index (χ1v) is 43.5. The number of carbonyl (C=O) groups is 6. The van der Waals surface area contributed by atoms with E-state index in [1.54, 1.807) is 96.9 Å². The number of carbonyl (C=O) groups excluding carboxylic acids is 6. The maximum Gasteiger partial charge on any atom is 0.419 e. The van der Waals surface area contributed by atoms with Crippen LogP contribution in [0.3, 0.4) is 0 Å². The van der Waals surface area contributed by atoms with Crippen molar-refractivity contribution in [1.82, 2.24) is 0 Å². The van der Waals surface area contributed by atoms with E-state index in [2.05, 4.69) is 53.3 Å². The quantitative estimate of drug-likeness (QED) is 0.0143. The molecule has 0 aromatic carbocycles. The van der Waals surface area contributed by atoms with Crippen LogP contribution in [0.4, 0.5) is 39.5 Å². The summed E-state index contributed by atoms with van der Waals surface area (Å²) >= 11 is 0. The van der Waals surface area contributed by atoms with Gasteiger partial charge in [-0.25, -0.2) is 28.8 Å². The van der Waals surface area contributed by atoms with Crippen LogP contribution in [0.1, 0.15) is 278 Å². The molecule has 0 saturated heterocycles. The molecule has 0 spiro atoms. The SMILES string of the molecule is C=C(C)C(=O)OC(C)C1CC1C(C)(C)OCC(C)(C)O.C=C(C)C(=O)OC(C)C1CC1C(CC)(CC)OCC(C)(C)O.C=C(C)C(=O)OC1CC(C(C)(C)OCC(C)(O)C(F)(F)F)C1.C=C(C)C(=O)OC1CC1C(C)(C)OCC(C)(C)O.C=C(C)C(=O)OC1CC1C(CC)(CC)OCC(C)(O)C(F)(F)F.C=C(C)C(=O)OC1CCC1C(C)(C)OCC(C)(O)C(F)(F)F. The normalized spacial score (nSPS) is 24.2. The molecule has 24 nitrogen and oxygen atoms in total. The fourth-order valence-corrected chi connectivity index (χ4v) is 13.9. The van der Waals surface area contributed by atoms with Crippen molar-refractivity contribution in [3.63, 3.8) is 0 Å². The predicted octanol–water partition coefficient (Wildman–Crippen LogP) is 17.6. The van der Waals surface area contributed by atoms with Gasteiger partial charge in [0.25, 0.3) is 0 Å². The number of esters is 6. The number of rotatable bonds is 42. The van der Waals surface area contributed by atoms with Crippen LogP contribution in [0, 0.1) is 47.3 Å². The van der Waals surface area contributed by atoms with Crippen molar-refractivity contribution in [2.45, 2.75) is 400 Å². The van der Waals surface area contributed by atoms with Crippen LogP contribution >= 0.6 is 0 Å². The third-order valence-corrected chi connectivity index (χ3v) is 24.0. The van der Waals surface area contributed by atoms with Crippen molar-refractivity contribution in [2.24, 2.45) is 47.3 Å². The highest BCUT2D eigenvalue weighted by Crippen LogP contribution is 2.55. The lowest BCUT2D eigenvalue weighted by atomic mass is 9.71. The number of aliphatic hydroxyl groups is 6. The van der Waals surface area contributed by atoms with E-state index in [0.29, 0.717) is 125 Å². The van der Waals surface area contributed by atoms with Gasteiger partial charge >= 0.3 is 54.3 Å². The standard InChI is InChI=1S/C18H32O4.C16H25F3O4.C16H28O4.2C15H23F3O4.C14H24O4/c1-8-18(9-2,21-11-17(6,7)20)15-10-14(15)13(5)22-16(19)12(3)4;1-6-15(7-2,22-9-14(5,21)16(17,18)19)11-8-12(11)23-13(20)10(3)4;1-10(2)14(17)20-11(3)12-8-13(12)16(6,7)19-9-15(4,5)18;1-9(2)12(19)22-11-6-10(7-11)13(3,4)21-8-14(5,20)15(16,17)18;1-9(2)12(19)22-11-7-6-10(11)13(3,4)21-8-14(5,20)15(16,17)18;1-9(2)12(15)18-11-7-10(11)14(5,6)17-8-13(3,4)16/h13-15,20H,3,8-11H2,1-2,4-7H3;11-12,21H,3,6-9H2,1-2,4-5H3;11-13,18H,1,8-9H2,2-7H3;2*10-11,20H,1,6-8H2,2-5H3;10-11,16H,1,7-8H2,2-6H3. The number of halogens is 9. The molecule has 6 N–H and O–H groups in total. The molecule has 15 unspecified atom stereocenters. The van der Waals surface area contributed by atoms with E-state index in [1.165, 1.54) is 13.8 Å². The lowest BCUT2D eigenvalue weighted by molar-refractivity contribution is -0.281. The molecule has 0 bridgehead atoms. The highest BCUT2D eigenvalue weighted by atomic mass is 19.4. The summed E-state index contributed by atoms with van der Waals surface area (Å²) < 4.78 is 180. The minimum absolute atomic E-state index is 0.0422. The predicted molar refractivity (Wildman–Crippen MR) is 462 cm³/mol. The minimum atomic E-state index is -4.77. The van der Waals surface area contributed by atoms with E-state index >= 15 is 0 Å². The second-order valence-corrected chi connectivity index (χ2v) is 40.3. The molecular formula is C94H155F9O24. The van der Waals surface area contributed by atoms with Gasteiger partial charge in [-0.1, -0.05) is 67.2 Å². The summed E-state index contributed by atoms with van der Waals surface area (Å²) in [5.41, 5.74) is -12.7. The zero-order chi connectivity index (χ0) is 99.7. The van der Waals surface area contributed by atoms with Crippen molar-refractivity contribution < 1.29 is 156 Å². The Morgan fingerprint density at radius 1 is 0.315 bits per heavy atom. The van der Waals surface area contributed by atoms with E-state index in [4.69, 9.17) is 56.8 Å². The molecule has 0 aromatic rings. The highest BCUT2D eigenvalue weighted by Gasteiger charge is 2.60. The average Bonchev–Trinajstić information content (AvgIpc) is 1.64. The molecule has 6 fully saturated rings. The van der Waals surface area contributed by atoms with Gasteiger partial charge in [-0.05, 0) is 268 Å². The molecule has 6 saturated carbocycles. The van der Waals surface area contributed by atoms with Crippen LogP contribution in [0.25, 0.3) is 0 Å². The summed E-state index contributed by atoms with van der Waals surface area (Å²) in [6, 6.07) is 0. The molecule has 6 rings (SSSR count). The van der Waals surface area contributed by atoms with Crippen LogP contribution in [-0.4, -0.2) is 228 Å². The molecular weight excluding hydrogens is 1680 g/mol. The Labute approximate surface area is 748 Å². The Morgan fingerprint density at radius 3 is 0.898 bits per heavy atom. The van der Waals surface area contributed by atoms with E-state index in [0.717, 1.165) is 32.1 Å². The summed E-state index contributed by atoms with van der Waals surface area (Å²) in [7, 11) is 0. The second-order valence-electron chi connectivity index (χ2n) is 40.3. The van der Waals surface area contributed by atoms with Gasteiger partial charge in [-0.15, -0.1) is 0 Å². The Balaban J connectivity index is 0.000000763. The van der Waals surface area contributed by atoms with E-state index in [1.807, 2.05) is 55.4 Å². The van der Waals surface area contributed by atoms with Gasteiger partial charge in [0.05, 0.1) is 90.1 Å². The second kappa shape index (κ2) is 46.2. The maximum atomic E-state index is 12.8. The van der Waals surface area contributed by atoms with Crippen LogP contribution in [0.5, 0.6) is 0 Å². The lowest BCUT2D eigenvalue weighted by Crippen LogP contribution is -2.53. The molecule has 127 heavy (non-hydrogen) atoms. The third-order valence-electron chi connectivity index (χ3n) is 24.0. The highest BCUT2D eigenvalue weighted by molar-refractivity contribution is 5.89. The molecule has 0 amide bonds. The average molecular weight is 1840 g/mol. The van der Waals surface area contributed by atoms with Crippen LogP contribution < -0.4 is 0 Å². The molecule has 738 valence electrons. The Morgan fingerprint density at radius 2 is 0.575 bits per heavy atom. The number of alkyl halides is 9. The van der Waals surface area contributed by atoms with Crippen molar-refractivity contribution in [3.05, 3.63) is 72.9 Å². The smallest absolute Gasteiger partial charge is 0.419 e. The van der Waals surface area contributed by atoms with Gasteiger partial charge in [0.2, 0.25) is 0 Å². The van der Waals surface area contributed by atoms with Gasteiger partial charge in [0.15, 0.2) is 16.8 Å². The van der Waals surface area contributed by atoms with Crippen LogP contribution in [0.15, 0.2) is 72.9 Å². The molecule has 6 aliphatic rings. The molecule has 15 atom stereocenters. The topological polar surface area (TPSA) is 335 Å². The molecule has 6 aliphatic carbocycles. The Bertz CT molecular complexity index is 3670. The largest absolute Gasteiger partial charge is 0.459 e. The summed E-state index contributed by atoms with van der Waals surface area (Å²) in [6.07, 6.45) is -7.33. The van der Waals surface area contributed by atoms with Crippen molar-refractivity contribution in [2.75, 3.05) is 39.6 Å². The summed E-state index contributed by atoms with van der Waals surface area (Å²) in [6.45, 7) is 67.7. The molecule has 0 aromatic heterocycles. The van der Waals surface area contributed by atoms with E-state index < -0.39 is 118 Å². The van der Waals surface area contributed by atoms with Gasteiger partial charge < -0.3 is 87.5 Å². The lowest BCUT2D eigenvalue weighted by Gasteiger charge is -2.46. The number of hydrogen-bond donors (Lipinski definition) is 6. The molecule has 0 heterocycles. The maximum absolute atomic E-state index is 12.8. The first-order chi connectivity index (χ1) is 57.0. The van der Waals surface area contributed by atoms with Gasteiger partial charge in [0, 0.05) is 63.0 Å². The number of ether oxygens (including phenoxy) is 12. The molecule has 33 heteroatoms. The fourth-order valence-electron chi connectivity index (χ4n) is 13.9. The molecule has 0 radical (unpaired) electrons. The summed E-state index contributed by atoms with van der Waals surface area (Å²) in [4.78, 5) is 69.0. The summed E-state index contributed by atoms with van der Waals surface area (Å²) in [5.74, 6) is -1.41. The zero-order valence-electron chi connectivity index (χ0n) is 81.0. The first-order valence-electron chi connectivity index (χ1n) is 43.5. The van der Waals surface area contributed by atoms with Crippen molar-refractivity contribution in [3.8, 4) is 0 Å². The number of hydrogen-bond acceptors (Lipinski definition) is 24. The summed E-state index contributed by atoms with van der Waals surface area (Å²) in [5, 5.41) is 57.7. The molecule has 0 aliphatic heterocycles. The first kappa shape index (κ1) is 119. The van der Waals surface area contributed by atoms with Crippen LogP contribution in [-0.2, 0) is 85.6 Å². The van der Waals surface area contributed by atoms with Crippen molar-refractivity contribution in [1.29, 1.82) is 0 Å². The van der Waals surface area contributed by atoms with Gasteiger partial charge in [0.1, 0.15) is 36.6 Å². The zero-order valence-corrected chi connectivity index (χ0v) is 81.0. The Hall–Kier alpha value is -5.85. The van der Waals surface area contributed by atoms with Crippen molar-refractivity contribution >= 4 is 35.8 Å². The Kier molecular flexibility index (Phi) is 43.3. The van der Waals surface area contributed by atoms with Gasteiger partial charge in [-0.3, -0.25) is 0 Å². The van der Waals surface area contributed by atoms with Crippen LogP contribution in [0.2, 0.25) is 0 Å². The van der Waals surface area contributed by atoms with Gasteiger partial charge in [-0.2, -0.15) is 39.5 Å². The minimum Gasteiger partial charge on any atom is -0.459 e. The monoisotopic (exact) mass is 1840 g/mol. The third kappa shape index (κ3) is 38.7.